The number of nitrogens with zero attached hydrogens (tertiary/aromatic N) is 3. The van der Waals surface area contributed by atoms with E-state index in [0.717, 1.165) is 55.3 Å². The fourth-order valence-electron chi connectivity index (χ4n) is 4.87. The van der Waals surface area contributed by atoms with E-state index in [-0.39, 0.29) is 17.9 Å². The fraction of sp³-hybridized carbons (Fsp3) is 0.385. The average Bonchev–Trinajstić information content (AvgIpc) is 3.43. The number of anilines is 1. The zero-order valence-corrected chi connectivity index (χ0v) is 19.3. The van der Waals surface area contributed by atoms with Gasteiger partial charge in [0.15, 0.2) is 0 Å². The fourth-order valence-corrected chi connectivity index (χ4v) is 5.17. The zero-order chi connectivity index (χ0) is 22.8. The summed E-state index contributed by atoms with van der Waals surface area (Å²) in [6.07, 6.45) is 3.83. The summed E-state index contributed by atoms with van der Waals surface area (Å²) in [4.78, 5) is 32.1. The van der Waals surface area contributed by atoms with Crippen LogP contribution in [0.3, 0.4) is 0 Å². The van der Waals surface area contributed by atoms with Crippen molar-refractivity contribution in [2.45, 2.75) is 18.9 Å². The van der Waals surface area contributed by atoms with Gasteiger partial charge in [-0.05, 0) is 36.6 Å². The Morgan fingerprint density at radius 1 is 1.00 bits per heavy atom. The Kier molecular flexibility index (Phi) is 6.49. The number of carbonyl (C=O) groups is 2. The molecular formula is C26H28ClN3O3. The molecule has 5 rings (SSSR count). The van der Waals surface area contributed by atoms with Crippen molar-refractivity contribution in [3.05, 3.63) is 70.3 Å². The summed E-state index contributed by atoms with van der Waals surface area (Å²) in [7, 11) is 0. The first-order chi connectivity index (χ1) is 16.1. The standard InChI is InChI=1S/C26H28ClN3O3/c27-20(16-19-6-2-1-3-7-19)17-28-11-13-29(14-12-28)23-10-4-9-22-24(23)26(32)30(25(22)31)18-21-8-5-15-33-21/h1-4,6-7,9-10,16,21H,5,8,11-15,17-18H2. The molecule has 3 aliphatic heterocycles. The van der Waals surface area contributed by atoms with E-state index in [4.69, 9.17) is 16.3 Å². The number of carbonyl (C=O) groups excluding carboxylic acids is 2. The van der Waals surface area contributed by atoms with Crippen molar-refractivity contribution in [3.8, 4) is 0 Å². The van der Waals surface area contributed by atoms with Crippen LogP contribution in [0.15, 0.2) is 53.6 Å². The monoisotopic (exact) mass is 465 g/mol. The van der Waals surface area contributed by atoms with E-state index in [9.17, 15) is 9.59 Å². The summed E-state index contributed by atoms with van der Waals surface area (Å²) in [6, 6.07) is 15.7. The number of amides is 2. The summed E-state index contributed by atoms with van der Waals surface area (Å²) in [5, 5.41) is 0.806. The Hall–Kier alpha value is -2.67. The highest BCUT2D eigenvalue weighted by atomic mass is 35.5. The number of rotatable bonds is 6. The van der Waals surface area contributed by atoms with Gasteiger partial charge in [0, 0.05) is 44.4 Å². The molecule has 0 spiro atoms. The molecule has 0 N–H and O–H groups in total. The summed E-state index contributed by atoms with van der Waals surface area (Å²) in [5.74, 6) is -0.402. The molecule has 3 heterocycles. The largest absolute Gasteiger partial charge is 0.376 e. The van der Waals surface area contributed by atoms with Crippen LogP contribution < -0.4 is 4.90 Å². The highest BCUT2D eigenvalue weighted by Crippen LogP contribution is 2.33. The minimum absolute atomic E-state index is 0.0482. The lowest BCUT2D eigenvalue weighted by molar-refractivity contribution is 0.0475. The number of halogens is 1. The first kappa shape index (κ1) is 22.1. The van der Waals surface area contributed by atoms with Gasteiger partial charge in [0.1, 0.15) is 0 Å². The van der Waals surface area contributed by atoms with E-state index in [1.807, 2.05) is 48.5 Å². The number of piperazine rings is 1. The Labute approximate surface area is 199 Å². The van der Waals surface area contributed by atoms with Gasteiger partial charge in [-0.15, -0.1) is 0 Å². The maximum atomic E-state index is 13.2. The van der Waals surface area contributed by atoms with Crippen molar-refractivity contribution in [3.63, 3.8) is 0 Å². The minimum atomic E-state index is -0.205. The van der Waals surface area contributed by atoms with Gasteiger partial charge in [0.05, 0.1) is 29.5 Å². The molecule has 1 atom stereocenters. The van der Waals surface area contributed by atoms with Crippen molar-refractivity contribution in [1.29, 1.82) is 0 Å². The molecule has 0 bridgehead atoms. The van der Waals surface area contributed by atoms with Gasteiger partial charge < -0.3 is 9.64 Å². The first-order valence-corrected chi connectivity index (χ1v) is 12.0. The van der Waals surface area contributed by atoms with Gasteiger partial charge >= 0.3 is 0 Å². The van der Waals surface area contributed by atoms with E-state index in [1.165, 1.54) is 4.90 Å². The van der Waals surface area contributed by atoms with Crippen LogP contribution in [-0.2, 0) is 4.74 Å². The Bertz CT molecular complexity index is 1060. The van der Waals surface area contributed by atoms with Crippen molar-refractivity contribution >= 4 is 35.2 Å². The maximum absolute atomic E-state index is 13.2. The number of benzene rings is 2. The van der Waals surface area contributed by atoms with Crippen molar-refractivity contribution in [2.24, 2.45) is 0 Å². The molecule has 0 saturated carbocycles. The van der Waals surface area contributed by atoms with Gasteiger partial charge in [0.2, 0.25) is 0 Å². The van der Waals surface area contributed by atoms with Crippen LogP contribution in [0.25, 0.3) is 6.08 Å². The lowest BCUT2D eigenvalue weighted by Crippen LogP contribution is -2.47. The van der Waals surface area contributed by atoms with Gasteiger partial charge in [-0.3, -0.25) is 19.4 Å². The Morgan fingerprint density at radius 2 is 1.79 bits per heavy atom. The third-order valence-corrected chi connectivity index (χ3v) is 6.83. The highest BCUT2D eigenvalue weighted by molar-refractivity contribution is 6.31. The van der Waals surface area contributed by atoms with E-state index in [2.05, 4.69) is 9.80 Å². The van der Waals surface area contributed by atoms with Gasteiger partial charge in [-0.2, -0.15) is 0 Å². The second kappa shape index (κ2) is 9.67. The predicted molar refractivity (Wildman–Crippen MR) is 130 cm³/mol. The molecule has 2 fully saturated rings. The SMILES string of the molecule is O=C1c2cccc(N3CCN(CC(Cl)=Cc4ccccc4)CC3)c2C(=O)N1CC1CCCO1. The normalized spacial score (nSPS) is 21.7. The molecule has 6 nitrogen and oxygen atoms in total. The van der Waals surface area contributed by atoms with Crippen molar-refractivity contribution < 1.29 is 14.3 Å². The molecule has 1 unspecified atom stereocenters. The molecule has 0 aliphatic carbocycles. The predicted octanol–water partition coefficient (Wildman–Crippen LogP) is 3.86. The van der Waals surface area contributed by atoms with Crippen LogP contribution >= 0.6 is 11.6 Å². The van der Waals surface area contributed by atoms with Gasteiger partial charge in [-0.25, -0.2) is 0 Å². The van der Waals surface area contributed by atoms with Gasteiger partial charge in [0.25, 0.3) is 11.8 Å². The summed E-state index contributed by atoms with van der Waals surface area (Å²) in [6.45, 7) is 4.97. The number of hydrogen-bond acceptors (Lipinski definition) is 5. The molecule has 2 aromatic carbocycles. The Balaban J connectivity index is 1.25. The lowest BCUT2D eigenvalue weighted by Gasteiger charge is -2.36. The summed E-state index contributed by atoms with van der Waals surface area (Å²) >= 11 is 6.51. The molecule has 2 aromatic rings. The summed E-state index contributed by atoms with van der Waals surface area (Å²) in [5.41, 5.74) is 2.99. The van der Waals surface area contributed by atoms with E-state index >= 15 is 0 Å². The maximum Gasteiger partial charge on any atom is 0.263 e. The van der Waals surface area contributed by atoms with Crippen LogP contribution in [0, 0.1) is 0 Å². The topological polar surface area (TPSA) is 53.1 Å². The molecular weight excluding hydrogens is 438 g/mol. The third kappa shape index (κ3) is 4.69. The number of hydrogen-bond donors (Lipinski definition) is 0. The molecule has 172 valence electrons. The van der Waals surface area contributed by atoms with E-state index in [1.54, 1.807) is 6.07 Å². The zero-order valence-electron chi connectivity index (χ0n) is 18.6. The third-order valence-electron chi connectivity index (χ3n) is 6.60. The molecule has 2 amide bonds. The molecule has 7 heteroatoms. The van der Waals surface area contributed by atoms with Crippen LogP contribution in [0.2, 0.25) is 0 Å². The van der Waals surface area contributed by atoms with Crippen LogP contribution in [0.4, 0.5) is 5.69 Å². The number of fused-ring (bicyclic) bond motifs is 1. The smallest absolute Gasteiger partial charge is 0.263 e. The molecule has 2 saturated heterocycles. The quantitative estimate of drug-likeness (QED) is 0.606. The van der Waals surface area contributed by atoms with E-state index in [0.29, 0.717) is 30.8 Å². The first-order valence-electron chi connectivity index (χ1n) is 11.6. The Morgan fingerprint density at radius 3 is 2.52 bits per heavy atom. The van der Waals surface area contributed by atoms with Crippen LogP contribution in [0.1, 0.15) is 39.1 Å². The number of imide groups is 1. The lowest BCUT2D eigenvalue weighted by atomic mass is 10.1. The van der Waals surface area contributed by atoms with E-state index < -0.39 is 0 Å². The number of ether oxygens (including phenoxy) is 1. The second-order valence-corrected chi connectivity index (χ2v) is 9.31. The summed E-state index contributed by atoms with van der Waals surface area (Å²) < 4.78 is 5.66. The van der Waals surface area contributed by atoms with Crippen LogP contribution in [-0.4, -0.2) is 73.6 Å². The molecule has 33 heavy (non-hydrogen) atoms. The second-order valence-electron chi connectivity index (χ2n) is 8.82. The molecule has 3 aliphatic rings. The van der Waals surface area contributed by atoms with Crippen LogP contribution in [0.5, 0.6) is 0 Å². The molecule has 0 aromatic heterocycles. The minimum Gasteiger partial charge on any atom is -0.376 e. The highest BCUT2D eigenvalue weighted by Gasteiger charge is 2.40. The van der Waals surface area contributed by atoms with Crippen molar-refractivity contribution in [2.75, 3.05) is 50.8 Å². The average molecular weight is 466 g/mol. The van der Waals surface area contributed by atoms with Crippen molar-refractivity contribution in [1.82, 2.24) is 9.80 Å². The molecule has 0 radical (unpaired) electrons. The van der Waals surface area contributed by atoms with Gasteiger partial charge in [-0.1, -0.05) is 48.0 Å².